The molecule has 0 radical (unpaired) electrons. The zero-order valence-corrected chi connectivity index (χ0v) is 12.4. The minimum atomic E-state index is 0.760. The van der Waals surface area contributed by atoms with Crippen LogP contribution in [-0.4, -0.2) is 17.0 Å². The fraction of sp³-hybridized carbons (Fsp3) is 0.286. The van der Waals surface area contributed by atoms with Crippen LogP contribution in [0.25, 0.3) is 11.4 Å². The van der Waals surface area contributed by atoms with E-state index < -0.39 is 0 Å². The van der Waals surface area contributed by atoms with Crippen LogP contribution in [0.5, 0.6) is 0 Å². The first-order valence-electron chi connectivity index (χ1n) is 5.97. The van der Waals surface area contributed by atoms with Crippen LogP contribution in [0.1, 0.15) is 18.2 Å². The number of anilines is 1. The number of aromatic nitrogens is 2. The Bertz CT molecular complexity index is 567. The molecular weight excluding hydrogens is 290 g/mol. The maximum atomic E-state index is 4.59. The summed E-state index contributed by atoms with van der Waals surface area (Å²) in [6, 6.07) is 8.03. The molecule has 1 heterocycles. The molecule has 1 N–H and O–H groups in total. The molecule has 3 nitrogen and oxygen atoms in total. The lowest BCUT2D eigenvalue weighted by Crippen LogP contribution is -2.04. The second kappa shape index (κ2) is 5.48. The molecule has 0 aliphatic rings. The van der Waals surface area contributed by atoms with E-state index in [1.165, 1.54) is 5.56 Å². The number of hydrogen-bond donors (Lipinski definition) is 1. The Kier molecular flexibility index (Phi) is 3.97. The summed E-state index contributed by atoms with van der Waals surface area (Å²) in [5.74, 6) is 1.68. The molecule has 18 heavy (non-hydrogen) atoms. The first kappa shape index (κ1) is 13.0. The van der Waals surface area contributed by atoms with Crippen molar-refractivity contribution >= 4 is 21.7 Å². The second-order valence-corrected chi connectivity index (χ2v) is 4.99. The summed E-state index contributed by atoms with van der Waals surface area (Å²) in [6.07, 6.45) is 0.931. The van der Waals surface area contributed by atoms with Gasteiger partial charge in [0.2, 0.25) is 0 Å². The smallest absolute Gasteiger partial charge is 0.161 e. The molecule has 2 aromatic rings. The second-order valence-electron chi connectivity index (χ2n) is 4.07. The average molecular weight is 306 g/mol. The van der Waals surface area contributed by atoms with Crippen LogP contribution < -0.4 is 5.32 Å². The van der Waals surface area contributed by atoms with Crippen LogP contribution in [0.2, 0.25) is 0 Å². The van der Waals surface area contributed by atoms with Gasteiger partial charge in [-0.2, -0.15) is 0 Å². The van der Waals surface area contributed by atoms with Crippen LogP contribution in [0.15, 0.2) is 28.7 Å². The normalized spacial score (nSPS) is 10.4. The largest absolute Gasteiger partial charge is 0.373 e. The maximum Gasteiger partial charge on any atom is 0.161 e. The molecule has 2 rings (SSSR count). The van der Waals surface area contributed by atoms with Crippen LogP contribution >= 0.6 is 15.9 Å². The van der Waals surface area contributed by atoms with Crippen molar-refractivity contribution in [2.45, 2.75) is 20.3 Å². The highest BCUT2D eigenvalue weighted by Gasteiger charge is 2.10. The zero-order valence-electron chi connectivity index (χ0n) is 10.8. The highest BCUT2D eigenvalue weighted by Crippen LogP contribution is 2.24. The van der Waals surface area contributed by atoms with E-state index in [1.807, 2.05) is 38.2 Å². The van der Waals surface area contributed by atoms with E-state index >= 15 is 0 Å². The SMILES string of the molecule is CCc1c(C)nc(-c2cccc(Br)c2)nc1NC. The molecule has 0 unspecified atom stereocenters. The summed E-state index contributed by atoms with van der Waals surface area (Å²) < 4.78 is 1.03. The van der Waals surface area contributed by atoms with Gasteiger partial charge in [-0.25, -0.2) is 9.97 Å². The van der Waals surface area contributed by atoms with Crippen molar-refractivity contribution in [2.24, 2.45) is 0 Å². The van der Waals surface area contributed by atoms with Gasteiger partial charge in [0.15, 0.2) is 5.82 Å². The van der Waals surface area contributed by atoms with Gasteiger partial charge in [-0.1, -0.05) is 35.0 Å². The number of nitrogens with zero attached hydrogens (tertiary/aromatic N) is 2. The molecule has 1 aromatic carbocycles. The first-order chi connectivity index (χ1) is 8.65. The third kappa shape index (κ3) is 2.53. The average Bonchev–Trinajstić information content (AvgIpc) is 2.37. The lowest BCUT2D eigenvalue weighted by molar-refractivity contribution is 1.00. The number of aryl methyl sites for hydroxylation is 1. The van der Waals surface area contributed by atoms with Gasteiger partial charge < -0.3 is 5.32 Å². The van der Waals surface area contributed by atoms with Crippen LogP contribution in [-0.2, 0) is 6.42 Å². The molecule has 94 valence electrons. The molecule has 0 amide bonds. The summed E-state index contributed by atoms with van der Waals surface area (Å²) >= 11 is 3.47. The van der Waals surface area contributed by atoms with Crippen LogP contribution in [0.3, 0.4) is 0 Å². The minimum absolute atomic E-state index is 0.760. The number of rotatable bonds is 3. The van der Waals surface area contributed by atoms with Gasteiger partial charge >= 0.3 is 0 Å². The lowest BCUT2D eigenvalue weighted by atomic mass is 10.1. The molecule has 0 spiro atoms. The van der Waals surface area contributed by atoms with Crippen molar-refractivity contribution in [1.29, 1.82) is 0 Å². The number of hydrogen-bond acceptors (Lipinski definition) is 3. The van der Waals surface area contributed by atoms with Crippen molar-refractivity contribution in [2.75, 3.05) is 12.4 Å². The summed E-state index contributed by atoms with van der Waals surface area (Å²) in [5, 5.41) is 3.15. The van der Waals surface area contributed by atoms with E-state index in [9.17, 15) is 0 Å². The van der Waals surface area contributed by atoms with Crippen molar-refractivity contribution in [3.05, 3.63) is 40.0 Å². The third-order valence-corrected chi connectivity index (χ3v) is 3.38. The van der Waals surface area contributed by atoms with Crippen LogP contribution in [0.4, 0.5) is 5.82 Å². The van der Waals surface area contributed by atoms with Crippen molar-refractivity contribution in [1.82, 2.24) is 9.97 Å². The molecule has 4 heteroatoms. The first-order valence-corrected chi connectivity index (χ1v) is 6.76. The van der Waals surface area contributed by atoms with Gasteiger partial charge in [0.05, 0.1) is 0 Å². The van der Waals surface area contributed by atoms with E-state index in [0.717, 1.165) is 33.8 Å². The van der Waals surface area contributed by atoms with E-state index in [0.29, 0.717) is 0 Å². The summed E-state index contributed by atoms with van der Waals surface area (Å²) in [7, 11) is 1.89. The van der Waals surface area contributed by atoms with Gasteiger partial charge in [-0.3, -0.25) is 0 Å². The Morgan fingerprint density at radius 2 is 2.06 bits per heavy atom. The molecule has 0 bridgehead atoms. The number of benzene rings is 1. The standard InChI is InChI=1S/C14H16BrN3/c1-4-12-9(2)17-13(18-14(12)16-3)10-6-5-7-11(15)8-10/h5-8H,4H2,1-3H3,(H,16,17,18). The van der Waals surface area contributed by atoms with Crippen LogP contribution in [0, 0.1) is 6.92 Å². The maximum absolute atomic E-state index is 4.59. The Hall–Kier alpha value is -1.42. The van der Waals surface area contributed by atoms with Gasteiger partial charge in [0, 0.05) is 28.3 Å². The van der Waals surface area contributed by atoms with E-state index in [4.69, 9.17) is 0 Å². The highest BCUT2D eigenvalue weighted by atomic mass is 79.9. The molecule has 0 aliphatic heterocycles. The zero-order chi connectivity index (χ0) is 13.1. The number of nitrogens with one attached hydrogen (secondary N) is 1. The monoisotopic (exact) mass is 305 g/mol. The predicted octanol–water partition coefficient (Wildman–Crippen LogP) is 3.82. The fourth-order valence-electron chi connectivity index (χ4n) is 1.98. The minimum Gasteiger partial charge on any atom is -0.373 e. The van der Waals surface area contributed by atoms with Gasteiger partial charge in [0.1, 0.15) is 5.82 Å². The van der Waals surface area contributed by atoms with Gasteiger partial charge in [0.25, 0.3) is 0 Å². The Labute approximate surface area is 116 Å². The lowest BCUT2D eigenvalue weighted by Gasteiger charge is -2.11. The van der Waals surface area contributed by atoms with E-state index in [-0.39, 0.29) is 0 Å². The van der Waals surface area contributed by atoms with Gasteiger partial charge in [-0.15, -0.1) is 0 Å². The van der Waals surface area contributed by atoms with E-state index in [2.05, 4.69) is 38.1 Å². The molecule has 0 saturated heterocycles. The Balaban J connectivity index is 2.56. The van der Waals surface area contributed by atoms with E-state index in [1.54, 1.807) is 0 Å². The predicted molar refractivity (Wildman–Crippen MR) is 78.8 cm³/mol. The quantitative estimate of drug-likeness (QED) is 0.937. The molecule has 0 aliphatic carbocycles. The summed E-state index contributed by atoms with van der Waals surface area (Å²) in [5.41, 5.74) is 3.23. The van der Waals surface area contributed by atoms with Gasteiger partial charge in [-0.05, 0) is 25.5 Å². The number of halogens is 1. The summed E-state index contributed by atoms with van der Waals surface area (Å²) in [4.78, 5) is 9.18. The molecule has 0 saturated carbocycles. The van der Waals surface area contributed by atoms with Crippen molar-refractivity contribution in [3.8, 4) is 11.4 Å². The van der Waals surface area contributed by atoms with Crippen molar-refractivity contribution in [3.63, 3.8) is 0 Å². The molecule has 0 fully saturated rings. The Morgan fingerprint density at radius 3 is 2.67 bits per heavy atom. The fourth-order valence-corrected chi connectivity index (χ4v) is 2.38. The molecule has 1 aromatic heterocycles. The topological polar surface area (TPSA) is 37.8 Å². The van der Waals surface area contributed by atoms with Crippen molar-refractivity contribution < 1.29 is 0 Å². The molecular formula is C14H16BrN3. The molecule has 0 atom stereocenters. The third-order valence-electron chi connectivity index (χ3n) is 2.89. The summed E-state index contributed by atoms with van der Waals surface area (Å²) in [6.45, 7) is 4.15. The Morgan fingerprint density at radius 1 is 1.28 bits per heavy atom. The highest BCUT2D eigenvalue weighted by molar-refractivity contribution is 9.10.